The van der Waals surface area contributed by atoms with Crippen LogP contribution in [-0.4, -0.2) is 36.2 Å². The van der Waals surface area contributed by atoms with Gasteiger partial charge in [-0.15, -0.1) is 11.8 Å². The number of hydrogen-bond donors (Lipinski definition) is 0. The molecule has 74 valence electrons. The van der Waals surface area contributed by atoms with Crippen molar-refractivity contribution in [2.45, 2.75) is 6.18 Å². The molecule has 13 heavy (non-hydrogen) atoms. The SMILES string of the molecule is CN1CCS/C1=C\C(=O)C(F)(F)F. The molecule has 0 amide bonds. The second-order valence-electron chi connectivity index (χ2n) is 2.61. The Hall–Kier alpha value is -0.650. The van der Waals surface area contributed by atoms with Crippen LogP contribution < -0.4 is 0 Å². The molecule has 0 spiro atoms. The molecule has 0 atom stereocenters. The van der Waals surface area contributed by atoms with E-state index in [0.29, 0.717) is 17.6 Å². The smallest absolute Gasteiger partial charge is 0.368 e. The highest BCUT2D eigenvalue weighted by molar-refractivity contribution is 8.03. The molecule has 1 aliphatic heterocycles. The second-order valence-corrected chi connectivity index (χ2v) is 3.73. The Morgan fingerprint density at radius 2 is 2.23 bits per heavy atom. The minimum Gasteiger partial charge on any atom is -0.368 e. The summed E-state index contributed by atoms with van der Waals surface area (Å²) in [6.45, 7) is 0.682. The molecule has 0 aromatic heterocycles. The Labute approximate surface area is 77.8 Å². The molecule has 1 aliphatic rings. The lowest BCUT2D eigenvalue weighted by molar-refractivity contribution is -0.165. The van der Waals surface area contributed by atoms with E-state index in [1.54, 1.807) is 11.9 Å². The Kier molecular flexibility index (Phi) is 2.90. The number of allylic oxidation sites excluding steroid dienone is 1. The van der Waals surface area contributed by atoms with Crippen LogP contribution in [0.3, 0.4) is 0 Å². The van der Waals surface area contributed by atoms with Crippen LogP contribution in [0.15, 0.2) is 11.1 Å². The van der Waals surface area contributed by atoms with Gasteiger partial charge in [-0.2, -0.15) is 13.2 Å². The van der Waals surface area contributed by atoms with Gasteiger partial charge in [0.05, 0.1) is 5.03 Å². The number of halogens is 3. The number of carbonyl (C=O) groups is 1. The van der Waals surface area contributed by atoms with Gasteiger partial charge in [0.1, 0.15) is 0 Å². The van der Waals surface area contributed by atoms with Gasteiger partial charge >= 0.3 is 6.18 Å². The number of hydrogen-bond acceptors (Lipinski definition) is 3. The van der Waals surface area contributed by atoms with Crippen LogP contribution in [0.2, 0.25) is 0 Å². The van der Waals surface area contributed by atoms with Gasteiger partial charge in [-0.05, 0) is 0 Å². The first-order valence-corrected chi connectivity index (χ1v) is 4.56. The van der Waals surface area contributed by atoms with Crippen molar-refractivity contribution in [3.63, 3.8) is 0 Å². The molecule has 0 bridgehead atoms. The normalized spacial score (nSPS) is 21.2. The number of rotatable bonds is 1. The summed E-state index contributed by atoms with van der Waals surface area (Å²) in [7, 11) is 1.66. The van der Waals surface area contributed by atoms with Crippen molar-refractivity contribution < 1.29 is 18.0 Å². The minimum atomic E-state index is -4.75. The Balaban J connectivity index is 2.71. The highest BCUT2D eigenvalue weighted by Crippen LogP contribution is 2.27. The van der Waals surface area contributed by atoms with Gasteiger partial charge in [-0.3, -0.25) is 4.79 Å². The van der Waals surface area contributed by atoms with Gasteiger partial charge < -0.3 is 4.90 Å². The maximum Gasteiger partial charge on any atom is 0.454 e. The third-order valence-corrected chi connectivity index (χ3v) is 2.70. The van der Waals surface area contributed by atoms with E-state index in [9.17, 15) is 18.0 Å². The van der Waals surface area contributed by atoms with E-state index in [4.69, 9.17) is 0 Å². The van der Waals surface area contributed by atoms with E-state index < -0.39 is 12.0 Å². The van der Waals surface area contributed by atoms with Crippen LogP contribution in [0.25, 0.3) is 0 Å². The maximum atomic E-state index is 11.8. The number of alkyl halides is 3. The van der Waals surface area contributed by atoms with E-state index in [1.165, 1.54) is 11.8 Å². The predicted octanol–water partition coefficient (Wildman–Crippen LogP) is 1.64. The lowest BCUT2D eigenvalue weighted by Gasteiger charge is -2.10. The van der Waals surface area contributed by atoms with Gasteiger partial charge in [0.25, 0.3) is 5.78 Å². The Morgan fingerprint density at radius 3 is 2.62 bits per heavy atom. The van der Waals surface area contributed by atoms with E-state index in [-0.39, 0.29) is 0 Å². The molecule has 0 radical (unpaired) electrons. The lowest BCUT2D eigenvalue weighted by Crippen LogP contribution is -2.22. The van der Waals surface area contributed by atoms with Gasteiger partial charge in [0.2, 0.25) is 0 Å². The quantitative estimate of drug-likeness (QED) is 0.615. The molecule has 0 unspecified atom stereocenters. The summed E-state index contributed by atoms with van der Waals surface area (Å²) >= 11 is 1.26. The number of ketones is 1. The van der Waals surface area contributed by atoms with Crippen LogP contribution in [-0.2, 0) is 4.79 Å². The number of nitrogens with zero attached hydrogens (tertiary/aromatic N) is 1. The fourth-order valence-corrected chi connectivity index (χ4v) is 1.93. The molecule has 1 fully saturated rings. The topological polar surface area (TPSA) is 20.3 Å². The zero-order valence-corrected chi connectivity index (χ0v) is 7.71. The highest BCUT2D eigenvalue weighted by atomic mass is 32.2. The van der Waals surface area contributed by atoms with Crippen molar-refractivity contribution in [2.75, 3.05) is 19.3 Å². The van der Waals surface area contributed by atoms with Crippen LogP contribution in [0, 0.1) is 0 Å². The van der Waals surface area contributed by atoms with Crippen molar-refractivity contribution in [3.05, 3.63) is 11.1 Å². The first-order chi connectivity index (χ1) is 5.91. The van der Waals surface area contributed by atoms with E-state index in [1.807, 2.05) is 0 Å². The third-order valence-electron chi connectivity index (χ3n) is 1.59. The van der Waals surface area contributed by atoms with Crippen molar-refractivity contribution >= 4 is 17.5 Å². The zero-order valence-electron chi connectivity index (χ0n) is 6.89. The molecule has 0 aromatic carbocycles. The summed E-state index contributed by atoms with van der Waals surface area (Å²) in [6.07, 6.45) is -4.10. The largest absolute Gasteiger partial charge is 0.454 e. The Morgan fingerprint density at radius 1 is 1.62 bits per heavy atom. The molecular weight excluding hydrogens is 203 g/mol. The summed E-state index contributed by atoms with van der Waals surface area (Å²) in [5, 5.41) is 0.391. The van der Waals surface area contributed by atoms with Crippen LogP contribution in [0.1, 0.15) is 0 Å². The fourth-order valence-electron chi connectivity index (χ4n) is 0.853. The highest BCUT2D eigenvalue weighted by Gasteiger charge is 2.37. The predicted molar refractivity (Wildman–Crippen MR) is 44.2 cm³/mol. The van der Waals surface area contributed by atoms with Crippen LogP contribution in [0.5, 0.6) is 0 Å². The standard InChI is InChI=1S/C7H8F3NOS/c1-11-2-3-13-6(11)4-5(12)7(8,9)10/h4H,2-3H2,1H3/b6-4-. The van der Waals surface area contributed by atoms with Gasteiger partial charge in [-0.1, -0.05) is 0 Å². The van der Waals surface area contributed by atoms with Crippen molar-refractivity contribution in [1.29, 1.82) is 0 Å². The molecule has 6 heteroatoms. The van der Waals surface area contributed by atoms with E-state index in [2.05, 4.69) is 0 Å². The molecule has 1 rings (SSSR count). The van der Waals surface area contributed by atoms with E-state index >= 15 is 0 Å². The first kappa shape index (κ1) is 10.4. The maximum absolute atomic E-state index is 11.8. The average Bonchev–Trinajstić information content (AvgIpc) is 2.34. The summed E-state index contributed by atoms with van der Waals surface area (Å²) in [4.78, 5) is 12.2. The van der Waals surface area contributed by atoms with Gasteiger partial charge in [0, 0.05) is 25.4 Å². The number of thioether (sulfide) groups is 1. The van der Waals surface area contributed by atoms with Crippen molar-refractivity contribution in [2.24, 2.45) is 0 Å². The molecule has 0 aromatic rings. The minimum absolute atomic E-state index is 0.391. The molecule has 0 aliphatic carbocycles. The molecular formula is C7H8F3NOS. The molecule has 0 N–H and O–H groups in total. The number of carbonyl (C=O) groups excluding carboxylic acids is 1. The molecule has 0 saturated carbocycles. The van der Waals surface area contributed by atoms with Gasteiger partial charge in [-0.25, -0.2) is 0 Å². The fraction of sp³-hybridized carbons (Fsp3) is 0.571. The van der Waals surface area contributed by atoms with Crippen molar-refractivity contribution in [1.82, 2.24) is 4.90 Å². The Bertz CT molecular complexity index is 249. The average molecular weight is 211 g/mol. The molecule has 1 saturated heterocycles. The van der Waals surface area contributed by atoms with Crippen LogP contribution in [0.4, 0.5) is 13.2 Å². The summed E-state index contributed by atoms with van der Waals surface area (Å²) < 4.78 is 35.4. The summed E-state index contributed by atoms with van der Waals surface area (Å²) in [6, 6.07) is 0. The first-order valence-electron chi connectivity index (χ1n) is 3.58. The van der Waals surface area contributed by atoms with Crippen LogP contribution >= 0.6 is 11.8 Å². The molecule has 1 heterocycles. The second kappa shape index (κ2) is 3.61. The molecule has 2 nitrogen and oxygen atoms in total. The van der Waals surface area contributed by atoms with E-state index in [0.717, 1.165) is 5.75 Å². The zero-order chi connectivity index (χ0) is 10.1. The summed E-state index contributed by atoms with van der Waals surface area (Å²) in [5.41, 5.74) is 0. The van der Waals surface area contributed by atoms with Crippen molar-refractivity contribution in [3.8, 4) is 0 Å². The van der Waals surface area contributed by atoms with Gasteiger partial charge in [0.15, 0.2) is 0 Å². The third kappa shape index (κ3) is 2.65. The summed E-state index contributed by atoms with van der Waals surface area (Å²) in [5.74, 6) is -1.06. The monoisotopic (exact) mass is 211 g/mol. The lowest BCUT2D eigenvalue weighted by atomic mass is 10.4.